The van der Waals surface area contributed by atoms with E-state index < -0.39 is 0 Å². The molecule has 1 aromatic carbocycles. The lowest BCUT2D eigenvalue weighted by Gasteiger charge is -2.02. The molecular weight excluding hydrogens is 242 g/mol. The van der Waals surface area contributed by atoms with Crippen LogP contribution < -0.4 is 4.74 Å². The molecule has 14 heavy (non-hydrogen) atoms. The molecule has 2 aromatic rings. The standard InChI is InChI=1S/C11H10BrNO/c1-14-10-5-3-8-2-4-9(7-12)13-11(8)6-10/h2-6H,7H2,1H3. The molecule has 0 aliphatic rings. The Morgan fingerprint density at radius 2 is 2.07 bits per heavy atom. The Morgan fingerprint density at radius 3 is 2.79 bits per heavy atom. The molecule has 0 amide bonds. The highest BCUT2D eigenvalue weighted by atomic mass is 79.9. The maximum absolute atomic E-state index is 5.14. The van der Waals surface area contributed by atoms with Crippen molar-refractivity contribution in [3.8, 4) is 5.75 Å². The molecule has 0 aliphatic heterocycles. The number of methoxy groups -OCH3 is 1. The van der Waals surface area contributed by atoms with E-state index in [2.05, 4.69) is 27.0 Å². The van der Waals surface area contributed by atoms with Gasteiger partial charge in [0.2, 0.25) is 0 Å². The second-order valence-corrected chi connectivity index (χ2v) is 3.56. The zero-order chi connectivity index (χ0) is 9.97. The monoisotopic (exact) mass is 251 g/mol. The number of benzene rings is 1. The highest BCUT2D eigenvalue weighted by Crippen LogP contribution is 2.19. The van der Waals surface area contributed by atoms with Gasteiger partial charge in [-0.05, 0) is 18.2 Å². The Labute approximate surface area is 91.0 Å². The summed E-state index contributed by atoms with van der Waals surface area (Å²) in [5, 5.41) is 1.91. The lowest BCUT2D eigenvalue weighted by Crippen LogP contribution is -1.87. The summed E-state index contributed by atoms with van der Waals surface area (Å²) in [4.78, 5) is 4.48. The van der Waals surface area contributed by atoms with Gasteiger partial charge in [-0.3, -0.25) is 4.98 Å². The third-order valence-corrected chi connectivity index (χ3v) is 2.67. The lowest BCUT2D eigenvalue weighted by molar-refractivity contribution is 0.415. The van der Waals surface area contributed by atoms with Crippen molar-refractivity contribution in [2.75, 3.05) is 7.11 Å². The summed E-state index contributed by atoms with van der Waals surface area (Å²) in [5.74, 6) is 0.844. The molecule has 2 rings (SSSR count). The summed E-state index contributed by atoms with van der Waals surface area (Å²) < 4.78 is 5.14. The van der Waals surface area contributed by atoms with Crippen LogP contribution in [0.3, 0.4) is 0 Å². The first-order valence-electron chi connectivity index (χ1n) is 4.33. The van der Waals surface area contributed by atoms with Gasteiger partial charge < -0.3 is 4.74 Å². The highest BCUT2D eigenvalue weighted by molar-refractivity contribution is 9.08. The highest BCUT2D eigenvalue weighted by Gasteiger charge is 1.98. The number of rotatable bonds is 2. The molecule has 0 fully saturated rings. The van der Waals surface area contributed by atoms with E-state index in [0.29, 0.717) is 0 Å². The number of aromatic nitrogens is 1. The number of hydrogen-bond acceptors (Lipinski definition) is 2. The maximum atomic E-state index is 5.14. The van der Waals surface area contributed by atoms with E-state index in [1.54, 1.807) is 7.11 Å². The summed E-state index contributed by atoms with van der Waals surface area (Å²) >= 11 is 3.39. The second kappa shape index (κ2) is 3.96. The van der Waals surface area contributed by atoms with Crippen LogP contribution in [0.4, 0.5) is 0 Å². The minimum Gasteiger partial charge on any atom is -0.497 e. The van der Waals surface area contributed by atoms with Crippen molar-refractivity contribution in [1.29, 1.82) is 0 Å². The van der Waals surface area contributed by atoms with E-state index in [9.17, 15) is 0 Å². The number of fused-ring (bicyclic) bond motifs is 1. The minimum absolute atomic E-state index is 0.778. The van der Waals surface area contributed by atoms with Gasteiger partial charge in [0.05, 0.1) is 18.3 Å². The van der Waals surface area contributed by atoms with Crippen LogP contribution in [0.15, 0.2) is 30.3 Å². The summed E-state index contributed by atoms with van der Waals surface area (Å²) in [6.45, 7) is 0. The summed E-state index contributed by atoms with van der Waals surface area (Å²) in [6, 6.07) is 9.99. The average Bonchev–Trinajstić information content (AvgIpc) is 2.27. The predicted molar refractivity (Wildman–Crippen MR) is 60.9 cm³/mol. The van der Waals surface area contributed by atoms with Crippen LogP contribution in [0.1, 0.15) is 5.69 Å². The molecule has 1 aromatic heterocycles. The van der Waals surface area contributed by atoms with Gasteiger partial charge in [-0.1, -0.05) is 22.0 Å². The van der Waals surface area contributed by atoms with Crippen LogP contribution in [0.25, 0.3) is 10.9 Å². The number of ether oxygens (including phenoxy) is 1. The molecule has 0 radical (unpaired) electrons. The largest absolute Gasteiger partial charge is 0.497 e. The fourth-order valence-electron chi connectivity index (χ4n) is 1.34. The minimum atomic E-state index is 0.778. The fraction of sp³-hybridized carbons (Fsp3) is 0.182. The van der Waals surface area contributed by atoms with E-state index in [4.69, 9.17) is 4.74 Å². The van der Waals surface area contributed by atoms with Gasteiger partial charge in [0, 0.05) is 16.8 Å². The molecular formula is C11H10BrNO. The maximum Gasteiger partial charge on any atom is 0.121 e. The summed E-state index contributed by atoms with van der Waals surface area (Å²) in [7, 11) is 1.66. The Morgan fingerprint density at radius 1 is 1.29 bits per heavy atom. The van der Waals surface area contributed by atoms with Crippen molar-refractivity contribution in [2.24, 2.45) is 0 Å². The molecule has 0 unspecified atom stereocenters. The zero-order valence-electron chi connectivity index (χ0n) is 7.83. The molecule has 0 saturated carbocycles. The van der Waals surface area contributed by atoms with E-state index in [1.807, 2.05) is 24.3 Å². The van der Waals surface area contributed by atoms with Crippen molar-refractivity contribution in [2.45, 2.75) is 5.33 Å². The molecule has 3 heteroatoms. The third kappa shape index (κ3) is 1.73. The summed E-state index contributed by atoms with van der Waals surface area (Å²) in [5.41, 5.74) is 2.01. The van der Waals surface area contributed by atoms with E-state index in [1.165, 1.54) is 0 Å². The number of alkyl halides is 1. The Kier molecular flexibility index (Phi) is 2.68. The van der Waals surface area contributed by atoms with Crippen molar-refractivity contribution < 1.29 is 4.74 Å². The Bertz CT molecular complexity index is 417. The molecule has 1 heterocycles. The lowest BCUT2D eigenvalue weighted by atomic mass is 10.2. The van der Waals surface area contributed by atoms with Crippen LogP contribution in [0, 0.1) is 0 Å². The van der Waals surface area contributed by atoms with Gasteiger partial charge in [-0.15, -0.1) is 0 Å². The number of nitrogens with zero attached hydrogens (tertiary/aromatic N) is 1. The Hall–Kier alpha value is -1.09. The first kappa shape index (κ1) is 9.46. The smallest absolute Gasteiger partial charge is 0.121 e. The SMILES string of the molecule is COc1ccc2ccc(CBr)nc2c1. The number of hydrogen-bond donors (Lipinski definition) is 0. The molecule has 2 nitrogen and oxygen atoms in total. The predicted octanol–water partition coefficient (Wildman–Crippen LogP) is 3.14. The fourth-order valence-corrected chi connectivity index (χ4v) is 1.65. The van der Waals surface area contributed by atoms with Crippen LogP contribution in [-0.2, 0) is 5.33 Å². The number of pyridine rings is 1. The van der Waals surface area contributed by atoms with Crippen LogP contribution in [-0.4, -0.2) is 12.1 Å². The van der Waals surface area contributed by atoms with Crippen molar-refractivity contribution in [3.63, 3.8) is 0 Å². The number of halogens is 1. The van der Waals surface area contributed by atoms with Crippen molar-refractivity contribution in [3.05, 3.63) is 36.0 Å². The Balaban J connectivity index is 2.60. The van der Waals surface area contributed by atoms with Gasteiger partial charge in [0.1, 0.15) is 5.75 Å². The van der Waals surface area contributed by atoms with Gasteiger partial charge in [0.15, 0.2) is 0 Å². The topological polar surface area (TPSA) is 22.1 Å². The van der Waals surface area contributed by atoms with Gasteiger partial charge in [0.25, 0.3) is 0 Å². The van der Waals surface area contributed by atoms with Gasteiger partial charge in [-0.25, -0.2) is 0 Å². The van der Waals surface area contributed by atoms with E-state index in [-0.39, 0.29) is 0 Å². The summed E-state index contributed by atoms with van der Waals surface area (Å²) in [6.07, 6.45) is 0. The third-order valence-electron chi connectivity index (χ3n) is 2.09. The molecule has 0 aliphatic carbocycles. The molecule has 72 valence electrons. The quantitative estimate of drug-likeness (QED) is 0.766. The molecule has 0 atom stereocenters. The van der Waals surface area contributed by atoms with Crippen LogP contribution in [0.5, 0.6) is 5.75 Å². The van der Waals surface area contributed by atoms with Crippen LogP contribution in [0.2, 0.25) is 0 Å². The van der Waals surface area contributed by atoms with Crippen molar-refractivity contribution in [1.82, 2.24) is 4.98 Å². The molecule has 0 spiro atoms. The average molecular weight is 252 g/mol. The van der Waals surface area contributed by atoms with Crippen molar-refractivity contribution >= 4 is 26.8 Å². The van der Waals surface area contributed by atoms with Gasteiger partial charge in [-0.2, -0.15) is 0 Å². The van der Waals surface area contributed by atoms with E-state index >= 15 is 0 Å². The zero-order valence-corrected chi connectivity index (χ0v) is 9.41. The first-order valence-corrected chi connectivity index (χ1v) is 5.45. The molecule has 0 N–H and O–H groups in total. The van der Waals surface area contributed by atoms with E-state index in [0.717, 1.165) is 27.7 Å². The molecule has 0 bridgehead atoms. The van der Waals surface area contributed by atoms with Crippen LogP contribution >= 0.6 is 15.9 Å². The first-order chi connectivity index (χ1) is 6.83. The van der Waals surface area contributed by atoms with Gasteiger partial charge >= 0.3 is 0 Å². The normalized spacial score (nSPS) is 10.4. The second-order valence-electron chi connectivity index (χ2n) is 2.99. The molecule has 0 saturated heterocycles.